The first-order chi connectivity index (χ1) is 43.1. The molecule has 0 aliphatic rings. The lowest BCUT2D eigenvalue weighted by atomic mass is 9.86. The molecule has 88 heavy (non-hydrogen) atoms. The minimum atomic E-state index is -0.393. The largest absolute Gasteiger partial charge is 0.397 e. The third kappa shape index (κ3) is 13.0. The number of anilines is 1. The van der Waals surface area contributed by atoms with Gasteiger partial charge in [-0.3, -0.25) is 28.5 Å². The van der Waals surface area contributed by atoms with Gasteiger partial charge in [0.1, 0.15) is 16.8 Å². The molecule has 0 bridgehead atoms. The Balaban J connectivity index is 0.942. The number of nitrogen functional groups attached to an aromatic ring is 1. The van der Waals surface area contributed by atoms with Crippen molar-refractivity contribution in [1.29, 1.82) is 0 Å². The summed E-state index contributed by atoms with van der Waals surface area (Å²) in [5, 5.41) is 22.9. The van der Waals surface area contributed by atoms with Crippen molar-refractivity contribution in [2.45, 2.75) is 233 Å². The molecule has 0 fully saturated rings. The van der Waals surface area contributed by atoms with Crippen molar-refractivity contribution in [2.24, 2.45) is 11.8 Å². The van der Waals surface area contributed by atoms with Crippen LogP contribution in [0.1, 0.15) is 244 Å². The van der Waals surface area contributed by atoms with Crippen LogP contribution in [0, 0.1) is 45.6 Å². The van der Waals surface area contributed by atoms with Crippen LogP contribution in [0.3, 0.4) is 0 Å². The van der Waals surface area contributed by atoms with Crippen LogP contribution in [0.2, 0.25) is 0 Å². The number of nitrogens with two attached hydrogens (primary N) is 1. The molecule has 0 amide bonds. The molecule has 0 saturated carbocycles. The molecule has 0 aliphatic heterocycles. The van der Waals surface area contributed by atoms with Gasteiger partial charge in [0, 0.05) is 61.3 Å². The number of fused-ring (bicyclic) bond motifs is 10. The molecule has 7 aromatic carbocycles. The molecule has 0 radical (unpaired) electrons. The van der Waals surface area contributed by atoms with E-state index in [4.69, 9.17) is 15.7 Å². The zero-order valence-electron chi connectivity index (χ0n) is 53.2. The van der Waals surface area contributed by atoms with Gasteiger partial charge in [-0.1, -0.05) is 255 Å². The van der Waals surface area contributed by atoms with Crippen LogP contribution < -0.4 is 16.9 Å². The van der Waals surface area contributed by atoms with Crippen molar-refractivity contribution in [3.63, 3.8) is 0 Å². The van der Waals surface area contributed by atoms with Gasteiger partial charge in [0.15, 0.2) is 5.52 Å². The van der Waals surface area contributed by atoms with Gasteiger partial charge in [-0.15, -0.1) is 0 Å². The zero-order chi connectivity index (χ0) is 61.1. The first-order valence-corrected chi connectivity index (χ1v) is 34.5. The Hall–Kier alpha value is -7.56. The molecule has 4 aromatic heterocycles. The van der Waals surface area contributed by atoms with Crippen LogP contribution in [0.15, 0.2) is 82.4 Å². The summed E-state index contributed by atoms with van der Waals surface area (Å²) in [5.41, 5.74) is 10.8. The van der Waals surface area contributed by atoms with E-state index in [1.165, 1.54) is 167 Å². The van der Waals surface area contributed by atoms with Crippen LogP contribution in [0.25, 0.3) is 98.0 Å². The molecule has 2 unspecified atom stereocenters. The van der Waals surface area contributed by atoms with E-state index in [9.17, 15) is 10.1 Å². The number of unbranched alkanes of at least 4 members (excludes halogenated alkanes) is 24. The van der Waals surface area contributed by atoms with Crippen LogP contribution in [0.5, 0.6) is 0 Å². The fourth-order valence-corrected chi connectivity index (χ4v) is 14.6. The fourth-order valence-electron chi connectivity index (χ4n) is 14.6. The Labute approximate surface area is 519 Å². The zero-order valence-corrected chi connectivity index (χ0v) is 53.2. The average Bonchev–Trinajstić information content (AvgIpc) is 1.12. The topological polar surface area (TPSA) is 138 Å². The summed E-state index contributed by atoms with van der Waals surface area (Å²) in [7, 11) is 0. The van der Waals surface area contributed by atoms with Crippen LogP contribution in [-0.2, 0) is 0 Å². The minimum Gasteiger partial charge on any atom is -0.397 e. The third-order valence-corrected chi connectivity index (χ3v) is 19.4. The highest BCUT2D eigenvalue weighted by molar-refractivity contribution is 6.40. The van der Waals surface area contributed by atoms with Crippen LogP contribution in [0.4, 0.5) is 11.4 Å². The maximum atomic E-state index is 15.1. The van der Waals surface area contributed by atoms with E-state index < -0.39 is 4.92 Å². The number of imidazole rings is 2. The molecule has 0 spiro atoms. The van der Waals surface area contributed by atoms with Crippen molar-refractivity contribution < 1.29 is 4.92 Å². The number of aromatic nitrogens is 4. The lowest BCUT2D eigenvalue weighted by molar-refractivity contribution is -0.383. The van der Waals surface area contributed by atoms with E-state index in [1.54, 1.807) is 14.9 Å². The van der Waals surface area contributed by atoms with E-state index in [0.717, 1.165) is 98.0 Å². The van der Waals surface area contributed by atoms with Crippen molar-refractivity contribution in [3.8, 4) is 23.7 Å². The van der Waals surface area contributed by atoms with Crippen molar-refractivity contribution in [1.82, 2.24) is 18.8 Å². The highest BCUT2D eigenvalue weighted by atomic mass is 16.6. The second-order valence-corrected chi connectivity index (χ2v) is 25.9. The van der Waals surface area contributed by atoms with Gasteiger partial charge < -0.3 is 5.73 Å². The van der Waals surface area contributed by atoms with E-state index in [1.807, 2.05) is 48.5 Å². The Morgan fingerprint density at radius 2 is 0.727 bits per heavy atom. The van der Waals surface area contributed by atoms with E-state index >= 15 is 9.59 Å². The Bertz CT molecular complexity index is 4470. The first kappa shape index (κ1) is 62.1. The number of nitro groups is 1. The predicted octanol–water partition coefficient (Wildman–Crippen LogP) is 21.2. The normalized spacial score (nSPS) is 12.8. The maximum absolute atomic E-state index is 15.1. The third-order valence-electron chi connectivity index (χ3n) is 19.4. The van der Waals surface area contributed by atoms with Gasteiger partial charge >= 0.3 is 0 Å². The second-order valence-electron chi connectivity index (χ2n) is 25.9. The number of rotatable bonds is 33. The molecule has 10 heteroatoms. The monoisotopic (exact) mass is 1180 g/mol. The highest BCUT2D eigenvalue weighted by Gasteiger charge is 2.27. The highest BCUT2D eigenvalue weighted by Crippen LogP contribution is 2.46. The predicted molar refractivity (Wildman–Crippen MR) is 372 cm³/mol. The number of nitrogens with zero attached hydrogens (tertiary/aromatic N) is 5. The number of benzene rings is 7. The van der Waals surface area contributed by atoms with E-state index in [2.05, 4.69) is 69.6 Å². The van der Waals surface area contributed by atoms with Crippen LogP contribution >= 0.6 is 0 Å². The average molecular weight is 1180 g/mol. The summed E-state index contributed by atoms with van der Waals surface area (Å²) < 4.78 is 3.30. The van der Waals surface area contributed by atoms with Crippen molar-refractivity contribution in [2.75, 3.05) is 5.73 Å². The van der Waals surface area contributed by atoms with Crippen molar-refractivity contribution >= 4 is 109 Å². The summed E-state index contributed by atoms with van der Waals surface area (Å²) in [4.78, 5) is 53.0. The molecule has 2 N–H and O–H groups in total. The first-order valence-electron chi connectivity index (χ1n) is 34.5. The Morgan fingerprint density at radius 3 is 1.10 bits per heavy atom. The number of hydrogen-bond donors (Lipinski definition) is 1. The van der Waals surface area contributed by atoms with Crippen LogP contribution in [-0.4, -0.2) is 23.7 Å². The summed E-state index contributed by atoms with van der Waals surface area (Å²) in [6, 6.07) is 23.5. The molecule has 0 aliphatic carbocycles. The van der Waals surface area contributed by atoms with Gasteiger partial charge in [-0.25, -0.2) is 9.97 Å². The molecule has 11 aromatic rings. The van der Waals surface area contributed by atoms with Gasteiger partial charge in [0.2, 0.25) is 0 Å². The number of non-ortho nitro benzene ring substituents is 1. The minimum absolute atomic E-state index is 0.161. The molecule has 11 rings (SSSR count). The van der Waals surface area contributed by atoms with Gasteiger partial charge in [-0.2, -0.15) is 0 Å². The Kier molecular flexibility index (Phi) is 20.6. The quantitative estimate of drug-likeness (QED) is 0.00822. The maximum Gasteiger partial charge on any atom is 0.298 e. The molecule has 2 atom stereocenters. The summed E-state index contributed by atoms with van der Waals surface area (Å²) in [5.74, 6) is 14.7. The summed E-state index contributed by atoms with van der Waals surface area (Å²) >= 11 is 0. The smallest absolute Gasteiger partial charge is 0.298 e. The van der Waals surface area contributed by atoms with E-state index in [0.29, 0.717) is 55.8 Å². The molecular formula is C78H92N6O4. The number of pyridine rings is 2. The molecule has 0 saturated heterocycles. The lowest BCUT2D eigenvalue weighted by Gasteiger charge is -2.18. The number of nitro benzene ring substituents is 1. The number of hydrogen-bond acceptors (Lipinski definition) is 7. The molecule has 4 heterocycles. The lowest BCUT2D eigenvalue weighted by Crippen LogP contribution is -2.14. The standard InChI is InChI=1S/C78H92N6O4/c1-5-9-13-17-21-23-27-31-35-53(33-29-25-19-15-11-7-3)37-39-55-49-65(79)73-66(50-55)82-75(80-73)61-45-41-57-60-44-48-64-72-62(46-42-58(70(60)72)59-43-47-63(77(82)85)71(61)69(57)59)76-81-74-67(83(76)78(64)86)51-56(52-68(74)84(87)88)40-38-54(34-30-26-20-16-12-8-4)36-32-28-24-22-18-14-10-6-2/h41-54H,5-36,79H2,1-4H3. The van der Waals surface area contributed by atoms with Gasteiger partial charge in [0.25, 0.3) is 16.8 Å². The summed E-state index contributed by atoms with van der Waals surface area (Å²) in [6.45, 7) is 9.04. The van der Waals surface area contributed by atoms with Crippen molar-refractivity contribution in [3.05, 3.63) is 115 Å². The molecule has 458 valence electrons. The van der Waals surface area contributed by atoms with E-state index in [-0.39, 0.29) is 28.2 Å². The second kappa shape index (κ2) is 29.2. The SMILES string of the molecule is CCCCCCCCCCC(C#Cc1cc(N)c2nc3c4ccc5c6ccc7c(=O)n8c9cc(C#CC(CCCCCCCC)CCCCCCCCCC)cc([N+](=O)[O-])c9nc8c8ccc(c9ccc(c(=O)n3c2c1)c4c59)c6c78)CCCCCCCC. The molecular weight excluding hydrogens is 1080 g/mol. The Morgan fingerprint density at radius 1 is 0.420 bits per heavy atom. The molecule has 10 nitrogen and oxygen atoms in total. The fraction of sp³-hybridized carbons (Fsp3) is 0.487. The van der Waals surface area contributed by atoms with Gasteiger partial charge in [-0.05, 0) is 100 Å². The summed E-state index contributed by atoms with van der Waals surface area (Å²) in [6.07, 6.45) is 39.5. The van der Waals surface area contributed by atoms with Gasteiger partial charge in [0.05, 0.1) is 21.6 Å².